The molecule has 0 aliphatic carbocycles. The molecule has 15 heavy (non-hydrogen) atoms. The van der Waals surface area contributed by atoms with Crippen molar-refractivity contribution < 1.29 is 14.3 Å². The van der Waals surface area contributed by atoms with Gasteiger partial charge in [0.1, 0.15) is 6.61 Å². The number of rotatable bonds is 4. The van der Waals surface area contributed by atoms with Crippen LogP contribution in [0.25, 0.3) is 0 Å². The number of benzene rings is 1. The third kappa shape index (κ3) is 2.88. The molecule has 1 heterocycles. The Balaban J connectivity index is 1.82. The zero-order chi connectivity index (χ0) is 10.5. The van der Waals surface area contributed by atoms with Gasteiger partial charge >= 0.3 is 0 Å². The van der Waals surface area contributed by atoms with Gasteiger partial charge in [-0.25, -0.2) is 0 Å². The van der Waals surface area contributed by atoms with E-state index in [0.717, 1.165) is 13.0 Å². The highest BCUT2D eigenvalue weighted by molar-refractivity contribution is 5.96. The Kier molecular flexibility index (Phi) is 3.48. The number of Topliss-reactive ketones (excluding diaryl/α,β-unsaturated/α-hetero) is 1. The van der Waals surface area contributed by atoms with Gasteiger partial charge in [0.05, 0.1) is 12.7 Å². The number of ketones is 1. The van der Waals surface area contributed by atoms with Crippen LogP contribution < -0.4 is 0 Å². The number of carbonyl (C=O) groups is 1. The minimum Gasteiger partial charge on any atom is -0.379 e. The minimum absolute atomic E-state index is 0.0301. The normalized spacial score (nSPS) is 20.4. The summed E-state index contributed by atoms with van der Waals surface area (Å²) in [5.74, 6) is 0.0301. The smallest absolute Gasteiger partial charge is 0.188 e. The summed E-state index contributed by atoms with van der Waals surface area (Å²) in [6.45, 7) is 1.50. The van der Waals surface area contributed by atoms with Crippen molar-refractivity contribution in [1.29, 1.82) is 0 Å². The molecule has 1 aliphatic heterocycles. The van der Waals surface area contributed by atoms with Gasteiger partial charge in [0.2, 0.25) is 0 Å². The molecule has 80 valence electrons. The van der Waals surface area contributed by atoms with Crippen LogP contribution in [0, 0.1) is 0 Å². The molecule has 1 fully saturated rings. The van der Waals surface area contributed by atoms with Crippen molar-refractivity contribution in [3.63, 3.8) is 0 Å². The maximum Gasteiger partial charge on any atom is 0.188 e. The second-order valence-corrected chi connectivity index (χ2v) is 3.59. The Labute approximate surface area is 89.0 Å². The lowest BCUT2D eigenvalue weighted by atomic mass is 10.1. The Morgan fingerprint density at radius 3 is 2.87 bits per heavy atom. The maximum atomic E-state index is 11.6. The van der Waals surface area contributed by atoms with E-state index < -0.39 is 0 Å². The fourth-order valence-corrected chi connectivity index (χ4v) is 1.55. The molecule has 1 aromatic rings. The van der Waals surface area contributed by atoms with Crippen LogP contribution in [0.2, 0.25) is 0 Å². The van der Waals surface area contributed by atoms with Crippen molar-refractivity contribution in [2.75, 3.05) is 19.8 Å². The molecule has 3 nitrogen and oxygen atoms in total. The highest BCUT2D eigenvalue weighted by Gasteiger charge is 2.17. The quantitative estimate of drug-likeness (QED) is 0.703. The molecule has 1 aromatic carbocycles. The van der Waals surface area contributed by atoms with Gasteiger partial charge in [-0.15, -0.1) is 0 Å². The van der Waals surface area contributed by atoms with E-state index in [4.69, 9.17) is 9.47 Å². The van der Waals surface area contributed by atoms with Crippen molar-refractivity contribution >= 4 is 5.78 Å². The molecule has 1 atom stereocenters. The van der Waals surface area contributed by atoms with E-state index in [9.17, 15) is 4.79 Å². The predicted octanol–water partition coefficient (Wildman–Crippen LogP) is 1.67. The van der Waals surface area contributed by atoms with E-state index in [1.165, 1.54) is 0 Å². The Morgan fingerprint density at radius 1 is 1.40 bits per heavy atom. The monoisotopic (exact) mass is 206 g/mol. The highest BCUT2D eigenvalue weighted by Crippen LogP contribution is 2.09. The Morgan fingerprint density at radius 2 is 2.20 bits per heavy atom. The fourth-order valence-electron chi connectivity index (χ4n) is 1.55. The van der Waals surface area contributed by atoms with Gasteiger partial charge in [0.25, 0.3) is 0 Å². The third-order valence-corrected chi connectivity index (χ3v) is 2.43. The molecular formula is C12H14O3. The van der Waals surface area contributed by atoms with Gasteiger partial charge in [0, 0.05) is 12.2 Å². The maximum absolute atomic E-state index is 11.6. The molecule has 0 N–H and O–H groups in total. The Hall–Kier alpha value is -1.19. The molecule has 0 radical (unpaired) electrons. The van der Waals surface area contributed by atoms with Crippen LogP contribution in [-0.2, 0) is 9.47 Å². The number of ether oxygens (including phenoxy) is 2. The first-order valence-corrected chi connectivity index (χ1v) is 5.14. The van der Waals surface area contributed by atoms with Gasteiger partial charge in [-0.3, -0.25) is 4.79 Å². The van der Waals surface area contributed by atoms with Crippen LogP contribution >= 0.6 is 0 Å². The number of hydrogen-bond donors (Lipinski definition) is 0. The van der Waals surface area contributed by atoms with Crippen LogP contribution in [0.5, 0.6) is 0 Å². The van der Waals surface area contributed by atoms with Crippen LogP contribution in [0.3, 0.4) is 0 Å². The molecule has 0 spiro atoms. The van der Waals surface area contributed by atoms with E-state index in [2.05, 4.69) is 0 Å². The summed E-state index contributed by atoms with van der Waals surface area (Å²) >= 11 is 0. The first kappa shape index (κ1) is 10.3. The van der Waals surface area contributed by atoms with Gasteiger partial charge in [-0.1, -0.05) is 30.3 Å². The minimum atomic E-state index is 0.0301. The molecule has 3 heteroatoms. The largest absolute Gasteiger partial charge is 0.379 e. The van der Waals surface area contributed by atoms with E-state index in [1.807, 2.05) is 18.2 Å². The van der Waals surface area contributed by atoms with Crippen LogP contribution in [-0.4, -0.2) is 31.7 Å². The molecular weight excluding hydrogens is 192 g/mol. The van der Waals surface area contributed by atoms with Gasteiger partial charge in [-0.2, -0.15) is 0 Å². The summed E-state index contributed by atoms with van der Waals surface area (Å²) in [6, 6.07) is 9.20. The van der Waals surface area contributed by atoms with Crippen LogP contribution in [0.1, 0.15) is 16.8 Å². The number of carbonyl (C=O) groups excluding carboxylic acids is 1. The first-order valence-electron chi connectivity index (χ1n) is 5.14. The van der Waals surface area contributed by atoms with Crippen molar-refractivity contribution in [3.05, 3.63) is 35.9 Å². The summed E-state index contributed by atoms with van der Waals surface area (Å²) in [5.41, 5.74) is 0.705. The average molecular weight is 206 g/mol. The lowest BCUT2D eigenvalue weighted by Crippen LogP contribution is -2.18. The predicted molar refractivity (Wildman–Crippen MR) is 55.9 cm³/mol. The average Bonchev–Trinajstić information content (AvgIpc) is 2.80. The van der Waals surface area contributed by atoms with E-state index in [-0.39, 0.29) is 18.5 Å². The zero-order valence-corrected chi connectivity index (χ0v) is 8.52. The van der Waals surface area contributed by atoms with E-state index in [1.54, 1.807) is 12.1 Å². The Bertz CT molecular complexity index is 315. The second kappa shape index (κ2) is 5.05. The lowest BCUT2D eigenvalue weighted by Gasteiger charge is -2.08. The van der Waals surface area contributed by atoms with Gasteiger partial charge in [-0.05, 0) is 6.42 Å². The van der Waals surface area contributed by atoms with Crippen molar-refractivity contribution in [1.82, 2.24) is 0 Å². The summed E-state index contributed by atoms with van der Waals surface area (Å²) in [7, 11) is 0. The van der Waals surface area contributed by atoms with Crippen molar-refractivity contribution in [3.8, 4) is 0 Å². The molecule has 0 amide bonds. The molecule has 0 bridgehead atoms. The SMILES string of the molecule is O=C(COC1CCOC1)c1ccccc1. The number of hydrogen-bond acceptors (Lipinski definition) is 3. The zero-order valence-electron chi connectivity index (χ0n) is 8.52. The summed E-state index contributed by atoms with van der Waals surface area (Å²) in [4.78, 5) is 11.6. The van der Waals surface area contributed by atoms with Crippen molar-refractivity contribution in [2.45, 2.75) is 12.5 Å². The molecule has 1 saturated heterocycles. The van der Waals surface area contributed by atoms with Gasteiger partial charge < -0.3 is 9.47 Å². The fraction of sp³-hybridized carbons (Fsp3) is 0.417. The highest BCUT2D eigenvalue weighted by atomic mass is 16.5. The standard InChI is InChI=1S/C12H14O3/c13-12(10-4-2-1-3-5-10)9-15-11-6-7-14-8-11/h1-5,11H,6-9H2. The molecule has 1 unspecified atom stereocenters. The molecule has 1 aliphatic rings. The summed E-state index contributed by atoms with van der Waals surface area (Å²) < 4.78 is 10.6. The lowest BCUT2D eigenvalue weighted by molar-refractivity contribution is 0.0390. The van der Waals surface area contributed by atoms with Gasteiger partial charge in [0.15, 0.2) is 5.78 Å². The first-order chi connectivity index (χ1) is 7.36. The molecule has 0 aromatic heterocycles. The topological polar surface area (TPSA) is 35.5 Å². The van der Waals surface area contributed by atoms with Crippen molar-refractivity contribution in [2.24, 2.45) is 0 Å². The summed E-state index contributed by atoms with van der Waals surface area (Å²) in [6.07, 6.45) is 0.986. The summed E-state index contributed by atoms with van der Waals surface area (Å²) in [5, 5.41) is 0. The molecule has 2 rings (SSSR count). The van der Waals surface area contributed by atoms with E-state index in [0.29, 0.717) is 12.2 Å². The van der Waals surface area contributed by atoms with E-state index >= 15 is 0 Å². The third-order valence-electron chi connectivity index (χ3n) is 2.43. The second-order valence-electron chi connectivity index (χ2n) is 3.59. The van der Waals surface area contributed by atoms with Crippen LogP contribution in [0.15, 0.2) is 30.3 Å². The van der Waals surface area contributed by atoms with Crippen LogP contribution in [0.4, 0.5) is 0 Å². The molecule has 0 saturated carbocycles.